The van der Waals surface area contributed by atoms with Gasteiger partial charge in [-0.1, -0.05) is 29.8 Å². The van der Waals surface area contributed by atoms with Gasteiger partial charge in [-0.25, -0.2) is 4.68 Å². The highest BCUT2D eigenvalue weighted by Gasteiger charge is 2.18. The molecule has 0 atom stereocenters. The number of ether oxygens (including phenoxy) is 1. The molecule has 152 valence electrons. The molecule has 2 aromatic carbocycles. The minimum absolute atomic E-state index is 0.581. The van der Waals surface area contributed by atoms with Gasteiger partial charge in [0.2, 0.25) is 4.77 Å². The normalized spacial score (nSPS) is 15.5. The first kappa shape index (κ1) is 19.8. The van der Waals surface area contributed by atoms with Gasteiger partial charge in [0.05, 0.1) is 13.8 Å². The molecule has 6 nitrogen and oxygen atoms in total. The quantitative estimate of drug-likeness (QED) is 0.629. The largest absolute Gasteiger partial charge is 0.497 e. The zero-order valence-electron chi connectivity index (χ0n) is 17.0. The molecule has 1 fully saturated rings. The van der Waals surface area contributed by atoms with Gasteiger partial charge in [0, 0.05) is 38.3 Å². The van der Waals surface area contributed by atoms with Crippen LogP contribution >= 0.6 is 12.2 Å². The van der Waals surface area contributed by atoms with Crippen LogP contribution in [0.3, 0.4) is 0 Å². The maximum atomic E-state index is 5.47. The van der Waals surface area contributed by atoms with Crippen LogP contribution in [0.1, 0.15) is 11.1 Å². The van der Waals surface area contributed by atoms with E-state index in [1.165, 1.54) is 11.1 Å². The number of aromatic nitrogens is 3. The van der Waals surface area contributed by atoms with Gasteiger partial charge in [0.25, 0.3) is 0 Å². The molecule has 0 radical (unpaired) electrons. The lowest BCUT2D eigenvalue weighted by atomic mass is 10.1. The molecule has 2 heterocycles. The molecule has 1 saturated heterocycles. The Hall–Kier alpha value is -2.48. The van der Waals surface area contributed by atoms with E-state index in [4.69, 9.17) is 17.0 Å². The minimum atomic E-state index is 0.581. The summed E-state index contributed by atoms with van der Waals surface area (Å²) >= 11 is 5.47. The van der Waals surface area contributed by atoms with Crippen LogP contribution in [0.25, 0.3) is 11.4 Å². The standard InChI is InChI=1S/C22H27N5OS/c1-17-4-3-5-18(14-17)15-25-10-12-26(13-11-25)16-27-22(29)23-21(24-27)19-6-8-20(28-2)9-7-19/h3-9,14H,10-13,15-16H2,1-2H3,(H,23,24,29). The molecular weight excluding hydrogens is 382 g/mol. The third-order valence-electron chi connectivity index (χ3n) is 5.34. The van der Waals surface area contributed by atoms with E-state index in [1.54, 1.807) is 7.11 Å². The maximum absolute atomic E-state index is 5.47. The van der Waals surface area contributed by atoms with Gasteiger partial charge in [0.1, 0.15) is 5.75 Å². The fourth-order valence-corrected chi connectivity index (χ4v) is 3.88. The number of aryl methyl sites for hydroxylation is 1. The Morgan fingerprint density at radius 3 is 2.45 bits per heavy atom. The van der Waals surface area contributed by atoms with Gasteiger partial charge >= 0.3 is 0 Å². The van der Waals surface area contributed by atoms with E-state index in [2.05, 4.69) is 51.1 Å². The number of H-pyrrole nitrogens is 1. The number of methoxy groups -OCH3 is 1. The fraction of sp³-hybridized carbons (Fsp3) is 0.364. The number of rotatable bonds is 6. The van der Waals surface area contributed by atoms with Gasteiger partial charge in [0.15, 0.2) is 5.82 Å². The van der Waals surface area contributed by atoms with Crippen molar-refractivity contribution in [3.63, 3.8) is 0 Å². The predicted molar refractivity (Wildman–Crippen MR) is 117 cm³/mol. The van der Waals surface area contributed by atoms with Crippen molar-refractivity contribution < 1.29 is 4.74 Å². The highest BCUT2D eigenvalue weighted by molar-refractivity contribution is 7.71. The molecule has 1 aliphatic heterocycles. The SMILES string of the molecule is COc1ccc(-c2nc(=S)n(CN3CCN(Cc4cccc(C)c4)CC3)[nH]2)cc1. The Bertz CT molecular complexity index is 1000. The summed E-state index contributed by atoms with van der Waals surface area (Å²) in [4.78, 5) is 9.45. The van der Waals surface area contributed by atoms with Crippen molar-refractivity contribution in [2.24, 2.45) is 0 Å². The lowest BCUT2D eigenvalue weighted by Gasteiger charge is -2.34. The van der Waals surface area contributed by atoms with Crippen molar-refractivity contribution in [1.82, 2.24) is 24.6 Å². The Morgan fingerprint density at radius 1 is 1.03 bits per heavy atom. The molecule has 0 amide bonds. The molecule has 0 bridgehead atoms. The number of hydrogen-bond acceptors (Lipinski definition) is 5. The highest BCUT2D eigenvalue weighted by Crippen LogP contribution is 2.19. The Labute approximate surface area is 176 Å². The van der Waals surface area contributed by atoms with Gasteiger partial charge in [-0.2, -0.15) is 4.98 Å². The van der Waals surface area contributed by atoms with E-state index in [-0.39, 0.29) is 0 Å². The summed E-state index contributed by atoms with van der Waals surface area (Å²) < 4.78 is 7.75. The van der Waals surface area contributed by atoms with Gasteiger partial charge in [-0.05, 0) is 49.0 Å². The summed E-state index contributed by atoms with van der Waals surface area (Å²) in [6, 6.07) is 16.6. The summed E-state index contributed by atoms with van der Waals surface area (Å²) in [6.07, 6.45) is 0. The van der Waals surface area contributed by atoms with Gasteiger partial charge in [-0.3, -0.25) is 14.9 Å². The summed E-state index contributed by atoms with van der Waals surface area (Å²) in [5.74, 6) is 1.62. The third kappa shape index (κ3) is 4.93. The lowest BCUT2D eigenvalue weighted by molar-refractivity contribution is 0.0982. The minimum Gasteiger partial charge on any atom is -0.497 e. The number of aromatic amines is 1. The Kier molecular flexibility index (Phi) is 6.08. The van der Waals surface area contributed by atoms with Crippen LogP contribution in [-0.2, 0) is 13.2 Å². The zero-order chi connectivity index (χ0) is 20.2. The molecule has 3 aromatic rings. The lowest BCUT2D eigenvalue weighted by Crippen LogP contribution is -2.46. The monoisotopic (exact) mass is 409 g/mol. The highest BCUT2D eigenvalue weighted by atomic mass is 32.1. The zero-order valence-corrected chi connectivity index (χ0v) is 17.8. The van der Waals surface area contributed by atoms with Crippen LogP contribution in [0.2, 0.25) is 0 Å². The molecule has 0 saturated carbocycles. The van der Waals surface area contributed by atoms with Crippen molar-refractivity contribution in [2.45, 2.75) is 20.1 Å². The number of nitrogens with one attached hydrogen (secondary N) is 1. The molecule has 7 heteroatoms. The van der Waals surface area contributed by atoms with E-state index in [0.717, 1.165) is 56.5 Å². The Morgan fingerprint density at radius 2 is 1.76 bits per heavy atom. The average molecular weight is 410 g/mol. The van der Waals surface area contributed by atoms with Crippen molar-refractivity contribution >= 4 is 12.2 Å². The number of hydrogen-bond donors (Lipinski definition) is 1. The van der Waals surface area contributed by atoms with Gasteiger partial charge in [-0.15, -0.1) is 0 Å². The summed E-state index contributed by atoms with van der Waals surface area (Å²) in [6.45, 7) is 8.05. The molecule has 29 heavy (non-hydrogen) atoms. The molecule has 1 N–H and O–H groups in total. The van der Waals surface area contributed by atoms with Crippen LogP contribution < -0.4 is 4.74 Å². The molecule has 0 aliphatic carbocycles. The Balaban J connectivity index is 1.34. The molecule has 1 aliphatic rings. The number of piperazine rings is 1. The maximum Gasteiger partial charge on any atom is 0.217 e. The second kappa shape index (κ2) is 8.90. The predicted octanol–water partition coefficient (Wildman–Crippen LogP) is 3.70. The van der Waals surface area contributed by atoms with Crippen LogP contribution in [0.15, 0.2) is 48.5 Å². The van der Waals surface area contributed by atoms with Crippen LogP contribution in [0.5, 0.6) is 5.75 Å². The molecule has 4 rings (SSSR count). The summed E-state index contributed by atoms with van der Waals surface area (Å²) in [5, 5.41) is 3.35. The van der Waals surface area contributed by atoms with Crippen LogP contribution in [0.4, 0.5) is 0 Å². The number of benzene rings is 2. The van der Waals surface area contributed by atoms with Crippen molar-refractivity contribution in [1.29, 1.82) is 0 Å². The smallest absolute Gasteiger partial charge is 0.217 e. The molecule has 0 spiro atoms. The van der Waals surface area contributed by atoms with Crippen molar-refractivity contribution in [3.8, 4) is 17.1 Å². The first-order valence-electron chi connectivity index (χ1n) is 9.92. The molecule has 0 unspecified atom stereocenters. The van der Waals surface area contributed by atoms with Gasteiger partial charge < -0.3 is 4.74 Å². The molecule has 1 aromatic heterocycles. The third-order valence-corrected chi connectivity index (χ3v) is 5.65. The number of nitrogens with zero attached hydrogens (tertiary/aromatic N) is 4. The van der Waals surface area contributed by atoms with Crippen LogP contribution in [-0.4, -0.2) is 57.9 Å². The summed E-state index contributed by atoms with van der Waals surface area (Å²) in [7, 11) is 1.66. The first-order chi connectivity index (χ1) is 14.1. The molecular formula is C22H27N5OS. The van der Waals surface area contributed by atoms with E-state index in [9.17, 15) is 0 Å². The summed E-state index contributed by atoms with van der Waals surface area (Å²) in [5.41, 5.74) is 3.71. The van der Waals surface area contributed by atoms with E-state index in [0.29, 0.717) is 4.77 Å². The van der Waals surface area contributed by atoms with Crippen LogP contribution in [0, 0.1) is 11.7 Å². The average Bonchev–Trinajstić information content (AvgIpc) is 3.10. The topological polar surface area (TPSA) is 49.3 Å². The fourth-order valence-electron chi connectivity index (χ4n) is 3.69. The van der Waals surface area contributed by atoms with Crippen molar-refractivity contribution in [3.05, 3.63) is 64.4 Å². The van der Waals surface area contributed by atoms with E-state index >= 15 is 0 Å². The van der Waals surface area contributed by atoms with E-state index < -0.39 is 0 Å². The van der Waals surface area contributed by atoms with Crippen molar-refractivity contribution in [2.75, 3.05) is 33.3 Å². The first-order valence-corrected chi connectivity index (χ1v) is 10.3. The second-order valence-electron chi connectivity index (χ2n) is 7.54. The van der Waals surface area contributed by atoms with E-state index in [1.807, 2.05) is 28.9 Å². The second-order valence-corrected chi connectivity index (χ2v) is 7.90.